The molecule has 1 spiro atoms. The summed E-state index contributed by atoms with van der Waals surface area (Å²) in [7, 11) is 0. The quantitative estimate of drug-likeness (QED) is 0.482. The van der Waals surface area contributed by atoms with Gasteiger partial charge in [0.2, 0.25) is 0 Å². The van der Waals surface area contributed by atoms with Gasteiger partial charge in [0, 0.05) is 0 Å². The van der Waals surface area contributed by atoms with Crippen LogP contribution in [0.1, 0.15) is 25.3 Å². The Bertz CT molecular complexity index is 773. The Balaban J connectivity index is 1.36. The van der Waals surface area contributed by atoms with E-state index in [1.54, 1.807) is 6.21 Å². The Kier molecular flexibility index (Phi) is 3.00. The van der Waals surface area contributed by atoms with Crippen molar-refractivity contribution in [3.8, 4) is 5.75 Å². The second kappa shape index (κ2) is 5.04. The van der Waals surface area contributed by atoms with E-state index in [1.165, 1.54) is 0 Å². The van der Waals surface area contributed by atoms with Gasteiger partial charge >= 0.3 is 0 Å². The first-order valence-electron chi connectivity index (χ1n) is 8.99. The minimum absolute atomic E-state index is 0.125. The molecule has 25 heavy (non-hydrogen) atoms. The number of nitrogens with zero attached hydrogens (tertiary/aromatic N) is 2. The summed E-state index contributed by atoms with van der Waals surface area (Å²) < 4.78 is 5.41. The fraction of sp³-hybridized carbons (Fsp3) is 0.450. The van der Waals surface area contributed by atoms with Gasteiger partial charge in [-0.05, 0) is 66.8 Å². The molecular formula is C20H20N2O3. The molecule has 1 aromatic rings. The molecule has 1 aliphatic heterocycles. The summed E-state index contributed by atoms with van der Waals surface area (Å²) in [6, 6.07) is 7.44. The van der Waals surface area contributed by atoms with Crippen LogP contribution in [-0.4, -0.2) is 29.6 Å². The summed E-state index contributed by atoms with van der Waals surface area (Å²) >= 11 is 0. The Morgan fingerprint density at radius 2 is 1.72 bits per heavy atom. The smallest absolute Gasteiger partial charge is 0.254 e. The van der Waals surface area contributed by atoms with Gasteiger partial charge in [0.25, 0.3) is 11.8 Å². The molecule has 1 aromatic carbocycles. The van der Waals surface area contributed by atoms with Gasteiger partial charge in [0.15, 0.2) is 0 Å². The number of carbonyl (C=O) groups is 2. The van der Waals surface area contributed by atoms with Crippen molar-refractivity contribution in [1.82, 2.24) is 5.01 Å². The zero-order valence-electron chi connectivity index (χ0n) is 14.1. The molecule has 1 saturated heterocycles. The summed E-state index contributed by atoms with van der Waals surface area (Å²) in [5.74, 6) is 0.639. The SMILES string of the molecule is CCOc1ccc(/C=N\N2C(=O)[C@@H]3[C@@H](C2=O)[C@H]2C=C[C@H]3C23CC3)cc1. The molecule has 5 nitrogen and oxygen atoms in total. The van der Waals surface area contributed by atoms with Crippen LogP contribution in [0.25, 0.3) is 0 Å². The van der Waals surface area contributed by atoms with Crippen LogP contribution < -0.4 is 4.74 Å². The lowest BCUT2D eigenvalue weighted by molar-refractivity contribution is -0.141. The molecule has 1 heterocycles. The lowest BCUT2D eigenvalue weighted by atomic mass is 9.85. The minimum atomic E-state index is -0.192. The highest BCUT2D eigenvalue weighted by atomic mass is 16.5. The van der Waals surface area contributed by atoms with E-state index in [1.807, 2.05) is 31.2 Å². The third-order valence-corrected chi connectivity index (χ3v) is 6.34. The standard InChI is InChI=1S/C20H20N2O3/c1-2-25-13-5-3-12(4-6-13)11-21-22-18(23)16-14-7-8-15(17(16)19(22)24)20(14)9-10-20/h3-8,11,14-17H,2,9-10H2,1H3/b21-11-/t14-,15-,16+,17+/m1/s1. The zero-order chi connectivity index (χ0) is 17.2. The normalized spacial score (nSPS) is 33.7. The fourth-order valence-electron chi connectivity index (χ4n) is 5.12. The number of rotatable bonds is 4. The molecule has 5 heteroatoms. The number of hydrazone groups is 1. The first-order valence-corrected chi connectivity index (χ1v) is 8.99. The molecule has 2 saturated carbocycles. The van der Waals surface area contributed by atoms with E-state index in [-0.39, 0.29) is 40.9 Å². The number of hydrogen-bond acceptors (Lipinski definition) is 4. The number of benzene rings is 1. The Morgan fingerprint density at radius 3 is 2.24 bits per heavy atom. The molecule has 4 atom stereocenters. The van der Waals surface area contributed by atoms with E-state index in [0.29, 0.717) is 6.61 Å². The van der Waals surface area contributed by atoms with Gasteiger partial charge in [-0.15, -0.1) is 0 Å². The third-order valence-electron chi connectivity index (χ3n) is 6.34. The molecule has 0 unspecified atom stereocenters. The highest BCUT2D eigenvalue weighted by Gasteiger charge is 2.73. The number of fused-ring (bicyclic) bond motifs is 3. The monoisotopic (exact) mass is 336 g/mol. The fourth-order valence-corrected chi connectivity index (χ4v) is 5.12. The van der Waals surface area contributed by atoms with Crippen LogP contribution in [0, 0.1) is 29.1 Å². The highest BCUT2D eigenvalue weighted by molar-refractivity contribution is 6.07. The second-order valence-corrected chi connectivity index (χ2v) is 7.46. The molecule has 0 N–H and O–H groups in total. The predicted octanol–water partition coefficient (Wildman–Crippen LogP) is 2.62. The average Bonchev–Trinajstić information content (AvgIpc) is 3.22. The molecule has 3 aliphatic carbocycles. The largest absolute Gasteiger partial charge is 0.494 e. The van der Waals surface area contributed by atoms with E-state index >= 15 is 0 Å². The Hall–Kier alpha value is -2.43. The van der Waals surface area contributed by atoms with Gasteiger partial charge in [-0.3, -0.25) is 9.59 Å². The number of hydrogen-bond donors (Lipinski definition) is 0. The number of ether oxygens (including phenoxy) is 1. The number of carbonyl (C=O) groups excluding carboxylic acids is 2. The molecule has 4 aliphatic rings. The van der Waals surface area contributed by atoms with Gasteiger partial charge in [0.1, 0.15) is 5.75 Å². The molecule has 5 rings (SSSR count). The second-order valence-electron chi connectivity index (χ2n) is 7.46. The lowest BCUT2D eigenvalue weighted by Gasteiger charge is -2.18. The van der Waals surface area contributed by atoms with Crippen molar-refractivity contribution in [3.05, 3.63) is 42.0 Å². The summed E-state index contributed by atoms with van der Waals surface area (Å²) in [5.41, 5.74) is 1.06. The maximum absolute atomic E-state index is 12.8. The van der Waals surface area contributed by atoms with Crippen molar-refractivity contribution in [2.45, 2.75) is 19.8 Å². The third kappa shape index (κ3) is 1.92. The van der Waals surface area contributed by atoms with Crippen molar-refractivity contribution in [1.29, 1.82) is 0 Å². The van der Waals surface area contributed by atoms with Crippen LogP contribution in [0.15, 0.2) is 41.5 Å². The summed E-state index contributed by atoms with van der Waals surface area (Å²) in [6.45, 7) is 2.55. The van der Waals surface area contributed by atoms with Gasteiger partial charge < -0.3 is 4.74 Å². The maximum atomic E-state index is 12.8. The Morgan fingerprint density at radius 1 is 1.12 bits per heavy atom. The van der Waals surface area contributed by atoms with E-state index in [4.69, 9.17) is 4.74 Å². The van der Waals surface area contributed by atoms with Crippen LogP contribution in [-0.2, 0) is 9.59 Å². The van der Waals surface area contributed by atoms with Gasteiger partial charge in [-0.1, -0.05) is 12.2 Å². The van der Waals surface area contributed by atoms with Crippen LogP contribution in [0.4, 0.5) is 0 Å². The molecule has 2 amide bonds. The van der Waals surface area contributed by atoms with E-state index < -0.39 is 0 Å². The number of amides is 2. The maximum Gasteiger partial charge on any atom is 0.254 e. The zero-order valence-corrected chi connectivity index (χ0v) is 14.1. The lowest BCUT2D eigenvalue weighted by Crippen LogP contribution is -2.30. The predicted molar refractivity (Wildman–Crippen MR) is 91.8 cm³/mol. The van der Waals surface area contributed by atoms with Crippen molar-refractivity contribution in [2.24, 2.45) is 34.2 Å². The first-order chi connectivity index (χ1) is 12.2. The summed E-state index contributed by atoms with van der Waals surface area (Å²) in [5, 5.41) is 5.32. The average molecular weight is 336 g/mol. The van der Waals surface area contributed by atoms with Crippen LogP contribution >= 0.6 is 0 Å². The summed E-state index contributed by atoms with van der Waals surface area (Å²) in [6.07, 6.45) is 8.22. The van der Waals surface area contributed by atoms with Gasteiger partial charge in [-0.25, -0.2) is 0 Å². The van der Waals surface area contributed by atoms with Crippen LogP contribution in [0.3, 0.4) is 0 Å². The molecule has 2 bridgehead atoms. The highest BCUT2D eigenvalue weighted by Crippen LogP contribution is 2.73. The Labute approximate surface area is 146 Å². The summed E-state index contributed by atoms with van der Waals surface area (Å²) in [4.78, 5) is 25.6. The minimum Gasteiger partial charge on any atom is -0.494 e. The topological polar surface area (TPSA) is 59.0 Å². The number of allylic oxidation sites excluding steroid dienone is 2. The van der Waals surface area contributed by atoms with Crippen molar-refractivity contribution in [2.75, 3.05) is 6.61 Å². The van der Waals surface area contributed by atoms with Crippen molar-refractivity contribution in [3.63, 3.8) is 0 Å². The van der Waals surface area contributed by atoms with E-state index in [0.717, 1.165) is 29.2 Å². The number of imide groups is 1. The van der Waals surface area contributed by atoms with Crippen LogP contribution in [0.5, 0.6) is 5.75 Å². The molecule has 128 valence electrons. The first kappa shape index (κ1) is 14.9. The van der Waals surface area contributed by atoms with Crippen molar-refractivity contribution < 1.29 is 14.3 Å². The molecular weight excluding hydrogens is 316 g/mol. The van der Waals surface area contributed by atoms with Gasteiger partial charge in [-0.2, -0.15) is 10.1 Å². The molecule has 0 aromatic heterocycles. The van der Waals surface area contributed by atoms with Crippen molar-refractivity contribution >= 4 is 18.0 Å². The molecule has 3 fully saturated rings. The van der Waals surface area contributed by atoms with E-state index in [2.05, 4.69) is 17.3 Å². The van der Waals surface area contributed by atoms with Crippen LogP contribution in [0.2, 0.25) is 0 Å². The molecule has 0 radical (unpaired) electrons. The van der Waals surface area contributed by atoms with Gasteiger partial charge in [0.05, 0.1) is 24.7 Å². The van der Waals surface area contributed by atoms with E-state index in [9.17, 15) is 9.59 Å².